The van der Waals surface area contributed by atoms with Crippen molar-refractivity contribution in [2.24, 2.45) is 0 Å². The van der Waals surface area contributed by atoms with Crippen molar-refractivity contribution in [1.29, 1.82) is 0 Å². The molecule has 0 aliphatic rings. The summed E-state index contributed by atoms with van der Waals surface area (Å²) in [7, 11) is -5.30. The second-order valence-corrected chi connectivity index (χ2v) is 6.04. The largest absolute Gasteiger partial charge is 0.501 e. The zero-order valence-corrected chi connectivity index (χ0v) is 10.9. The van der Waals surface area contributed by atoms with Gasteiger partial charge >= 0.3 is 5.51 Å². The first kappa shape index (κ1) is 14.4. The highest BCUT2D eigenvalue weighted by Gasteiger charge is 2.46. The number of nitrogens with two attached hydrogens (primary N) is 1. The minimum absolute atomic E-state index is 0.560. The van der Waals surface area contributed by atoms with Crippen LogP contribution in [0.15, 0.2) is 53.4 Å². The molecule has 0 bridgehead atoms. The van der Waals surface area contributed by atoms with Gasteiger partial charge in [-0.15, -0.1) is 0 Å². The molecule has 0 aliphatic heterocycles. The summed E-state index contributed by atoms with van der Waals surface area (Å²) >= 11 is 0. The minimum Gasteiger partial charge on any atom is -0.399 e. The highest BCUT2D eigenvalue weighted by Crippen LogP contribution is 2.31. The van der Waals surface area contributed by atoms with E-state index in [1.807, 2.05) is 0 Å². The highest BCUT2D eigenvalue weighted by atomic mass is 32.2. The van der Waals surface area contributed by atoms with Crippen molar-refractivity contribution in [3.05, 3.63) is 48.5 Å². The van der Waals surface area contributed by atoms with Gasteiger partial charge in [0, 0.05) is 5.69 Å². The van der Waals surface area contributed by atoms with Crippen molar-refractivity contribution in [2.75, 3.05) is 5.73 Å². The highest BCUT2D eigenvalue weighted by molar-refractivity contribution is 7.92. The summed E-state index contributed by atoms with van der Waals surface area (Å²) in [4.78, 5) is -0.774. The number of halogens is 3. The molecule has 0 radical (unpaired) electrons. The summed E-state index contributed by atoms with van der Waals surface area (Å²) in [6, 6.07) is 11.2. The monoisotopic (exact) mass is 301 g/mol. The van der Waals surface area contributed by atoms with Crippen LogP contribution in [-0.4, -0.2) is 13.9 Å². The van der Waals surface area contributed by atoms with E-state index in [2.05, 4.69) is 0 Å². The van der Waals surface area contributed by atoms with Gasteiger partial charge in [0.05, 0.1) is 4.90 Å². The van der Waals surface area contributed by atoms with Gasteiger partial charge in [-0.25, -0.2) is 8.42 Å². The molecule has 3 nitrogen and oxygen atoms in total. The Balaban J connectivity index is 2.39. The van der Waals surface area contributed by atoms with Crippen LogP contribution in [-0.2, 0) is 9.84 Å². The number of hydrogen-bond donors (Lipinski definition) is 1. The summed E-state index contributed by atoms with van der Waals surface area (Å²) in [6.07, 6.45) is 0. The van der Waals surface area contributed by atoms with Crippen LogP contribution >= 0.6 is 0 Å². The van der Waals surface area contributed by atoms with Gasteiger partial charge in [0.1, 0.15) is 0 Å². The van der Waals surface area contributed by atoms with Crippen molar-refractivity contribution in [2.45, 2.75) is 10.4 Å². The fourth-order valence-electron chi connectivity index (χ4n) is 1.64. The maximum absolute atomic E-state index is 12.4. The fourth-order valence-corrected chi connectivity index (χ4v) is 2.40. The molecule has 0 atom stereocenters. The van der Waals surface area contributed by atoms with Gasteiger partial charge in [-0.1, -0.05) is 24.3 Å². The van der Waals surface area contributed by atoms with Crippen LogP contribution in [0.1, 0.15) is 0 Å². The van der Waals surface area contributed by atoms with Gasteiger partial charge in [-0.2, -0.15) is 13.2 Å². The minimum atomic E-state index is -5.30. The van der Waals surface area contributed by atoms with Gasteiger partial charge in [0.15, 0.2) is 0 Å². The third kappa shape index (κ3) is 2.62. The van der Waals surface area contributed by atoms with E-state index in [0.29, 0.717) is 11.3 Å². The molecule has 2 aromatic carbocycles. The van der Waals surface area contributed by atoms with E-state index in [-0.39, 0.29) is 0 Å². The van der Waals surface area contributed by atoms with Crippen molar-refractivity contribution < 1.29 is 21.6 Å². The molecule has 7 heteroatoms. The molecule has 20 heavy (non-hydrogen) atoms. The Labute approximate surface area is 113 Å². The van der Waals surface area contributed by atoms with Crippen LogP contribution in [0.2, 0.25) is 0 Å². The van der Waals surface area contributed by atoms with Gasteiger partial charge in [0.25, 0.3) is 9.84 Å². The van der Waals surface area contributed by atoms with Gasteiger partial charge < -0.3 is 5.73 Å². The fraction of sp³-hybridized carbons (Fsp3) is 0.0769. The summed E-state index contributed by atoms with van der Waals surface area (Å²) in [5.41, 5.74) is 2.13. The summed E-state index contributed by atoms with van der Waals surface area (Å²) in [6.45, 7) is 0. The van der Waals surface area contributed by atoms with E-state index in [9.17, 15) is 21.6 Å². The van der Waals surface area contributed by atoms with E-state index >= 15 is 0 Å². The predicted molar refractivity (Wildman–Crippen MR) is 69.5 cm³/mol. The lowest BCUT2D eigenvalue weighted by Gasteiger charge is -2.09. The van der Waals surface area contributed by atoms with Crippen LogP contribution in [0.25, 0.3) is 11.1 Å². The average Bonchev–Trinajstić information content (AvgIpc) is 2.38. The third-order valence-electron chi connectivity index (χ3n) is 2.71. The van der Waals surface area contributed by atoms with Crippen molar-refractivity contribution in [1.82, 2.24) is 0 Å². The number of alkyl halides is 3. The van der Waals surface area contributed by atoms with Crippen LogP contribution in [0, 0.1) is 0 Å². The number of rotatable bonds is 2. The maximum Gasteiger partial charge on any atom is 0.501 e. The predicted octanol–water partition coefficient (Wildman–Crippen LogP) is 3.23. The molecule has 0 amide bonds. The van der Waals surface area contributed by atoms with Gasteiger partial charge in [0.2, 0.25) is 0 Å². The first-order chi connectivity index (χ1) is 9.22. The Morgan fingerprint density at radius 2 is 1.20 bits per heavy atom. The molecule has 106 valence electrons. The van der Waals surface area contributed by atoms with Gasteiger partial charge in [-0.3, -0.25) is 0 Å². The lowest BCUT2D eigenvalue weighted by atomic mass is 10.1. The van der Waals surface area contributed by atoms with E-state index < -0.39 is 20.2 Å². The summed E-state index contributed by atoms with van der Waals surface area (Å²) < 4.78 is 59.6. The molecule has 0 fully saturated rings. The Morgan fingerprint density at radius 1 is 0.800 bits per heavy atom. The van der Waals surface area contributed by atoms with Crippen LogP contribution in [0.5, 0.6) is 0 Å². The smallest absolute Gasteiger partial charge is 0.399 e. The third-order valence-corrected chi connectivity index (χ3v) is 4.22. The van der Waals surface area contributed by atoms with E-state index in [4.69, 9.17) is 5.73 Å². The molecule has 0 aliphatic carbocycles. The first-order valence-corrected chi connectivity index (χ1v) is 6.97. The normalized spacial score (nSPS) is 12.3. The maximum atomic E-state index is 12.4. The lowest BCUT2D eigenvalue weighted by molar-refractivity contribution is -0.0436. The van der Waals surface area contributed by atoms with E-state index in [1.54, 1.807) is 24.3 Å². The summed E-state index contributed by atoms with van der Waals surface area (Å²) in [5, 5.41) is 0. The Bertz CT molecular complexity index is 705. The van der Waals surface area contributed by atoms with Crippen LogP contribution in [0.4, 0.5) is 18.9 Å². The number of anilines is 1. The Kier molecular flexibility index (Phi) is 3.47. The molecule has 0 unspecified atom stereocenters. The Morgan fingerprint density at radius 3 is 1.60 bits per heavy atom. The SMILES string of the molecule is Nc1ccc(-c2ccc(S(=O)(=O)C(F)(F)F)cc2)cc1. The zero-order chi connectivity index (χ0) is 15.0. The number of nitrogen functional groups attached to an aromatic ring is 1. The lowest BCUT2D eigenvalue weighted by Crippen LogP contribution is -2.23. The topological polar surface area (TPSA) is 60.2 Å². The standard InChI is InChI=1S/C13H10F3NO2S/c14-13(15,16)20(18,19)12-7-3-10(4-8-12)9-1-5-11(17)6-2-9/h1-8H,17H2. The van der Waals surface area contributed by atoms with Crippen LogP contribution in [0.3, 0.4) is 0 Å². The molecule has 2 rings (SSSR count). The molecular weight excluding hydrogens is 291 g/mol. The average molecular weight is 301 g/mol. The molecule has 0 aromatic heterocycles. The second kappa shape index (κ2) is 4.82. The molecule has 0 heterocycles. The summed E-state index contributed by atoms with van der Waals surface area (Å²) in [5.74, 6) is 0. The molecule has 0 saturated carbocycles. The number of hydrogen-bond acceptors (Lipinski definition) is 3. The molecule has 0 spiro atoms. The van der Waals surface area contributed by atoms with Crippen molar-refractivity contribution in [3.8, 4) is 11.1 Å². The van der Waals surface area contributed by atoms with Crippen molar-refractivity contribution in [3.63, 3.8) is 0 Å². The van der Waals surface area contributed by atoms with Crippen molar-refractivity contribution >= 4 is 15.5 Å². The molecule has 2 aromatic rings. The molecule has 2 N–H and O–H groups in total. The first-order valence-electron chi connectivity index (χ1n) is 5.49. The molecular formula is C13H10F3NO2S. The Hall–Kier alpha value is -2.02. The number of benzene rings is 2. The van der Waals surface area contributed by atoms with Gasteiger partial charge in [-0.05, 0) is 35.4 Å². The van der Waals surface area contributed by atoms with Crippen LogP contribution < -0.4 is 5.73 Å². The quantitative estimate of drug-likeness (QED) is 0.866. The molecule has 0 saturated heterocycles. The van der Waals surface area contributed by atoms with E-state index in [0.717, 1.165) is 17.7 Å². The number of sulfone groups is 1. The second-order valence-electron chi connectivity index (χ2n) is 4.10. The van der Waals surface area contributed by atoms with E-state index in [1.165, 1.54) is 12.1 Å². The zero-order valence-electron chi connectivity index (χ0n) is 10.1.